The van der Waals surface area contributed by atoms with Crippen molar-refractivity contribution in [2.75, 3.05) is 13.1 Å². The van der Waals surface area contributed by atoms with Crippen LogP contribution in [-0.4, -0.2) is 40.5 Å². The number of nitrogens with zero attached hydrogens (tertiary/aromatic N) is 2. The molecular formula is C19H24N2O. The lowest BCUT2D eigenvalue weighted by Gasteiger charge is -2.53. The van der Waals surface area contributed by atoms with Crippen molar-refractivity contribution in [3.8, 4) is 0 Å². The second-order valence-corrected chi connectivity index (χ2v) is 7.79. The highest BCUT2D eigenvalue weighted by atomic mass is 16.3. The number of rotatable bonds is 1. The highest BCUT2D eigenvalue weighted by molar-refractivity contribution is 6.03. The van der Waals surface area contributed by atoms with Gasteiger partial charge in [-0.15, -0.1) is 0 Å². The zero-order valence-corrected chi connectivity index (χ0v) is 13.3. The van der Waals surface area contributed by atoms with Gasteiger partial charge < -0.3 is 5.11 Å². The predicted molar refractivity (Wildman–Crippen MR) is 87.8 cm³/mol. The van der Waals surface area contributed by atoms with Gasteiger partial charge in [-0.2, -0.15) is 0 Å². The summed E-state index contributed by atoms with van der Waals surface area (Å²) in [5.41, 5.74) is 3.79. The third-order valence-electron chi connectivity index (χ3n) is 6.84. The molecule has 0 bridgehead atoms. The van der Waals surface area contributed by atoms with E-state index in [1.807, 2.05) is 0 Å². The quantitative estimate of drug-likeness (QED) is 0.864. The van der Waals surface area contributed by atoms with E-state index >= 15 is 0 Å². The van der Waals surface area contributed by atoms with Crippen molar-refractivity contribution in [3.05, 3.63) is 29.8 Å². The summed E-state index contributed by atoms with van der Waals surface area (Å²) in [7, 11) is 0. The molecule has 2 saturated heterocycles. The molecule has 3 heterocycles. The van der Waals surface area contributed by atoms with Crippen LogP contribution in [0.2, 0.25) is 0 Å². The van der Waals surface area contributed by atoms with Gasteiger partial charge in [0, 0.05) is 18.3 Å². The molecule has 0 unspecified atom stereocenters. The summed E-state index contributed by atoms with van der Waals surface area (Å²) in [6, 6.07) is 9.33. The second-order valence-electron chi connectivity index (χ2n) is 7.79. The number of benzene rings is 1. The molecule has 3 heteroatoms. The molecule has 1 saturated carbocycles. The van der Waals surface area contributed by atoms with Gasteiger partial charge in [0.05, 0.1) is 16.7 Å². The van der Waals surface area contributed by atoms with E-state index in [1.54, 1.807) is 0 Å². The van der Waals surface area contributed by atoms with Crippen LogP contribution in [-0.2, 0) is 5.41 Å². The maximum atomic E-state index is 10.9. The molecule has 1 aliphatic carbocycles. The minimum atomic E-state index is -0.473. The molecular weight excluding hydrogens is 272 g/mol. The van der Waals surface area contributed by atoms with Crippen molar-refractivity contribution >= 4 is 11.4 Å². The normalized spacial score (nSPS) is 42.5. The maximum absolute atomic E-state index is 10.9. The molecule has 1 aromatic rings. The number of hydrogen-bond donors (Lipinski definition) is 1. The Morgan fingerprint density at radius 2 is 2.23 bits per heavy atom. The van der Waals surface area contributed by atoms with Crippen LogP contribution in [0.5, 0.6) is 0 Å². The smallest absolute Gasteiger partial charge is 0.0774 e. The number of aliphatic hydroxyl groups is 1. The fourth-order valence-electron chi connectivity index (χ4n) is 5.91. The predicted octanol–water partition coefficient (Wildman–Crippen LogP) is 3.04. The van der Waals surface area contributed by atoms with Gasteiger partial charge in [0.25, 0.3) is 0 Å². The van der Waals surface area contributed by atoms with E-state index in [9.17, 15) is 5.11 Å². The van der Waals surface area contributed by atoms with E-state index < -0.39 is 5.60 Å². The van der Waals surface area contributed by atoms with Crippen LogP contribution >= 0.6 is 0 Å². The molecule has 5 rings (SSSR count). The van der Waals surface area contributed by atoms with Gasteiger partial charge in [-0.1, -0.05) is 25.1 Å². The van der Waals surface area contributed by atoms with Crippen molar-refractivity contribution in [1.29, 1.82) is 0 Å². The molecule has 4 aliphatic rings. The van der Waals surface area contributed by atoms with Crippen LogP contribution in [0.15, 0.2) is 29.3 Å². The summed E-state index contributed by atoms with van der Waals surface area (Å²) < 4.78 is 0. The minimum Gasteiger partial charge on any atom is -0.389 e. The molecule has 116 valence electrons. The zero-order valence-electron chi connectivity index (χ0n) is 13.3. The van der Waals surface area contributed by atoms with Crippen molar-refractivity contribution in [3.63, 3.8) is 0 Å². The second kappa shape index (κ2) is 4.21. The van der Waals surface area contributed by atoms with Crippen LogP contribution in [0.3, 0.4) is 0 Å². The van der Waals surface area contributed by atoms with Crippen LogP contribution < -0.4 is 0 Å². The molecule has 3 fully saturated rings. The van der Waals surface area contributed by atoms with Crippen LogP contribution in [0, 0.1) is 5.92 Å². The summed E-state index contributed by atoms with van der Waals surface area (Å²) in [6.07, 6.45) is 5.34. The average molecular weight is 296 g/mol. The first-order valence-corrected chi connectivity index (χ1v) is 8.80. The summed E-state index contributed by atoms with van der Waals surface area (Å²) in [4.78, 5) is 7.61. The SMILES string of the molecule is CC[C@]1(O)C[C@@H]2CCC3=Nc4ccccc4[C@]34CCN(C1)[C@H]24. The first-order valence-electron chi connectivity index (χ1n) is 8.80. The van der Waals surface area contributed by atoms with E-state index in [0.717, 1.165) is 32.4 Å². The summed E-state index contributed by atoms with van der Waals surface area (Å²) >= 11 is 0. The Balaban J connectivity index is 1.64. The highest BCUT2D eigenvalue weighted by Crippen LogP contribution is 2.58. The Bertz CT molecular complexity index is 669. The Morgan fingerprint density at radius 1 is 1.36 bits per heavy atom. The fourth-order valence-corrected chi connectivity index (χ4v) is 5.91. The molecule has 1 N–H and O–H groups in total. The van der Waals surface area contributed by atoms with Gasteiger partial charge in [0.15, 0.2) is 0 Å². The van der Waals surface area contributed by atoms with Crippen molar-refractivity contribution in [2.24, 2.45) is 10.9 Å². The van der Waals surface area contributed by atoms with E-state index in [2.05, 4.69) is 36.1 Å². The molecule has 0 aromatic heterocycles. The Hall–Kier alpha value is -1.19. The largest absolute Gasteiger partial charge is 0.389 e. The first kappa shape index (κ1) is 13.3. The summed E-state index contributed by atoms with van der Waals surface area (Å²) in [6.45, 7) is 4.09. The molecule has 3 nitrogen and oxygen atoms in total. The molecule has 1 aromatic carbocycles. The Morgan fingerprint density at radius 3 is 3.09 bits per heavy atom. The molecule has 0 radical (unpaired) electrons. The van der Waals surface area contributed by atoms with Gasteiger partial charge in [0.2, 0.25) is 0 Å². The first-order chi connectivity index (χ1) is 10.7. The molecule has 4 atom stereocenters. The third kappa shape index (κ3) is 1.47. The molecule has 22 heavy (non-hydrogen) atoms. The number of para-hydroxylation sites is 1. The summed E-state index contributed by atoms with van der Waals surface area (Å²) in [5.74, 6) is 0.617. The minimum absolute atomic E-state index is 0.161. The highest BCUT2D eigenvalue weighted by Gasteiger charge is 2.62. The molecule has 0 amide bonds. The van der Waals surface area contributed by atoms with Gasteiger partial charge >= 0.3 is 0 Å². The third-order valence-corrected chi connectivity index (χ3v) is 6.84. The average Bonchev–Trinajstić information content (AvgIpc) is 3.07. The van der Waals surface area contributed by atoms with Gasteiger partial charge in [-0.05, 0) is 56.2 Å². The van der Waals surface area contributed by atoms with Crippen LogP contribution in [0.4, 0.5) is 5.69 Å². The van der Waals surface area contributed by atoms with Crippen molar-refractivity contribution in [1.82, 2.24) is 4.90 Å². The topological polar surface area (TPSA) is 35.8 Å². The van der Waals surface area contributed by atoms with E-state index in [0.29, 0.717) is 12.0 Å². The Labute approximate surface area is 132 Å². The zero-order chi connectivity index (χ0) is 14.9. The number of hydrogen-bond acceptors (Lipinski definition) is 3. The standard InChI is InChI=1S/C19H24N2O/c1-2-18(22)11-13-7-8-16-19(9-10-21(12-18)17(13)19)14-5-3-4-6-15(14)20-16/h3-6,13,17,22H,2,7-12H2,1H3/t13-,17+,18-,19+/m0/s1. The number of fused-ring (bicyclic) bond motifs is 1. The van der Waals surface area contributed by atoms with Crippen molar-refractivity contribution in [2.45, 2.75) is 56.1 Å². The molecule has 1 spiro atoms. The van der Waals surface area contributed by atoms with Gasteiger partial charge in [0.1, 0.15) is 0 Å². The monoisotopic (exact) mass is 296 g/mol. The lowest BCUT2D eigenvalue weighted by Crippen LogP contribution is -2.62. The van der Waals surface area contributed by atoms with E-state index in [1.165, 1.54) is 29.8 Å². The fraction of sp³-hybridized carbons (Fsp3) is 0.632. The van der Waals surface area contributed by atoms with Gasteiger partial charge in [-0.3, -0.25) is 9.89 Å². The maximum Gasteiger partial charge on any atom is 0.0774 e. The van der Waals surface area contributed by atoms with Crippen molar-refractivity contribution < 1.29 is 5.11 Å². The van der Waals surface area contributed by atoms with Gasteiger partial charge in [-0.25, -0.2) is 0 Å². The lowest BCUT2D eigenvalue weighted by atomic mass is 9.59. The van der Waals surface area contributed by atoms with Crippen LogP contribution in [0.1, 0.15) is 44.6 Å². The van der Waals surface area contributed by atoms with E-state index in [-0.39, 0.29) is 5.41 Å². The van der Waals surface area contributed by atoms with Crippen LogP contribution in [0.25, 0.3) is 0 Å². The van der Waals surface area contributed by atoms with E-state index in [4.69, 9.17) is 4.99 Å². The number of aliphatic imine (C=N–C) groups is 1. The lowest BCUT2D eigenvalue weighted by molar-refractivity contribution is -0.0779. The Kier molecular flexibility index (Phi) is 2.54. The molecule has 3 aliphatic heterocycles. The number of piperidine rings is 1. The summed E-state index contributed by atoms with van der Waals surface area (Å²) in [5, 5.41) is 10.9.